The van der Waals surface area contributed by atoms with Crippen molar-refractivity contribution in [2.45, 2.75) is 97.2 Å². The van der Waals surface area contributed by atoms with Crippen LogP contribution in [0.4, 0.5) is 0 Å². The van der Waals surface area contributed by atoms with Crippen molar-refractivity contribution in [2.24, 2.45) is 51.4 Å². The van der Waals surface area contributed by atoms with Crippen molar-refractivity contribution in [2.75, 3.05) is 7.11 Å². The van der Waals surface area contributed by atoms with Gasteiger partial charge in [-0.1, -0.05) is 20.8 Å². The first kappa shape index (κ1) is 28.4. The van der Waals surface area contributed by atoms with Crippen molar-refractivity contribution in [3.05, 3.63) is 23.8 Å². The zero-order valence-corrected chi connectivity index (χ0v) is 24.1. The van der Waals surface area contributed by atoms with Gasteiger partial charge in [-0.15, -0.1) is 0 Å². The lowest BCUT2D eigenvalue weighted by molar-refractivity contribution is -0.174. The summed E-state index contributed by atoms with van der Waals surface area (Å²) >= 11 is 0. The first-order valence-corrected chi connectivity index (χ1v) is 15.1. The number of hydrazone groups is 1. The Morgan fingerprint density at radius 3 is 2.64 bits per heavy atom. The van der Waals surface area contributed by atoms with Crippen molar-refractivity contribution in [1.82, 2.24) is 5.43 Å². The lowest BCUT2D eigenvalue weighted by Gasteiger charge is -2.62. The van der Waals surface area contributed by atoms with Crippen molar-refractivity contribution >= 4 is 12.1 Å². The van der Waals surface area contributed by atoms with E-state index in [9.17, 15) is 20.1 Å². The van der Waals surface area contributed by atoms with E-state index in [2.05, 4.69) is 31.3 Å². The monoisotopic (exact) mass is 540 g/mol. The number of amides is 1. The third-order valence-corrected chi connectivity index (χ3v) is 11.8. The summed E-state index contributed by atoms with van der Waals surface area (Å²) in [5.74, 6) is 3.25. The van der Waals surface area contributed by atoms with Crippen molar-refractivity contribution in [1.29, 1.82) is 0 Å². The number of aliphatic hydroxyl groups is 2. The fourth-order valence-corrected chi connectivity index (χ4v) is 9.74. The molecular weight excluding hydrogens is 492 g/mol. The highest BCUT2D eigenvalue weighted by Gasteiger charge is 2.62. The number of aliphatic hydroxyl groups excluding tert-OH is 2. The number of hydrogen-bond donors (Lipinski definition) is 4. The largest absolute Gasteiger partial charge is 0.504 e. The van der Waals surface area contributed by atoms with Crippen molar-refractivity contribution in [3.63, 3.8) is 0 Å². The predicted octanol–water partition coefficient (Wildman–Crippen LogP) is 5.26. The van der Waals surface area contributed by atoms with Gasteiger partial charge < -0.3 is 20.1 Å². The Labute approximate surface area is 233 Å². The number of methoxy groups -OCH3 is 1. The van der Waals surface area contributed by atoms with Gasteiger partial charge in [0.25, 0.3) is 0 Å². The highest BCUT2D eigenvalue weighted by Crippen LogP contribution is 2.68. The molecule has 4 aliphatic rings. The highest BCUT2D eigenvalue weighted by atomic mass is 16.5. The second-order valence-electron chi connectivity index (χ2n) is 13.7. The molecule has 0 bridgehead atoms. The van der Waals surface area contributed by atoms with Gasteiger partial charge in [-0.3, -0.25) is 4.79 Å². The molecule has 0 heterocycles. The lowest BCUT2D eigenvalue weighted by Crippen LogP contribution is -2.58. The highest BCUT2D eigenvalue weighted by molar-refractivity contribution is 5.83. The van der Waals surface area contributed by atoms with E-state index in [1.807, 2.05) is 0 Å². The average molecular weight is 541 g/mol. The zero-order valence-electron chi connectivity index (χ0n) is 24.1. The number of carbonyl (C=O) groups excluding carboxylic acids is 1. The Bertz CT molecular complexity index is 1080. The smallest absolute Gasteiger partial charge is 0.240 e. The minimum absolute atomic E-state index is 0.0641. The van der Waals surface area contributed by atoms with Gasteiger partial charge >= 0.3 is 0 Å². The molecule has 0 spiro atoms. The molecule has 0 aromatic heterocycles. The van der Waals surface area contributed by atoms with E-state index < -0.39 is 0 Å². The van der Waals surface area contributed by atoms with E-state index in [0.29, 0.717) is 47.7 Å². The maximum Gasteiger partial charge on any atom is 0.240 e. The molecule has 39 heavy (non-hydrogen) atoms. The number of benzene rings is 1. The summed E-state index contributed by atoms with van der Waals surface area (Å²) in [6.07, 6.45) is 10.8. The molecule has 7 nitrogen and oxygen atoms in total. The van der Waals surface area contributed by atoms with Gasteiger partial charge in [-0.05, 0) is 128 Å². The van der Waals surface area contributed by atoms with Crippen molar-refractivity contribution in [3.8, 4) is 11.5 Å². The molecule has 5 rings (SSSR count). The molecule has 10 atom stereocenters. The fraction of sp³-hybridized carbons (Fsp3) is 0.750. The summed E-state index contributed by atoms with van der Waals surface area (Å²) in [5.41, 5.74) is 3.84. The van der Waals surface area contributed by atoms with Crippen LogP contribution in [0.5, 0.6) is 11.5 Å². The third-order valence-electron chi connectivity index (χ3n) is 11.8. The van der Waals surface area contributed by atoms with E-state index in [1.54, 1.807) is 18.3 Å². The Hall–Kier alpha value is -2.12. The average Bonchev–Trinajstić information content (AvgIpc) is 3.26. The number of ether oxygens (including phenoxy) is 1. The molecular formula is C32H48N2O5. The molecule has 7 heteroatoms. The Balaban J connectivity index is 1.18. The molecule has 4 aliphatic carbocycles. The SMILES string of the molecule is COc1cc(/C=N\NC(=O)CC[C@H](C)[C@@H]2CC[C@@H]3[C@H]4[C@H](O)C[C@H]5C[C@@H](O)CC[C@]5(C)[C@@H]4CC[C@@]32C)ccc1O. The van der Waals surface area contributed by atoms with Crippen LogP contribution in [0.15, 0.2) is 23.3 Å². The molecule has 1 amide bonds. The van der Waals surface area contributed by atoms with Crippen LogP contribution in [-0.4, -0.2) is 46.8 Å². The Morgan fingerprint density at radius 1 is 1.13 bits per heavy atom. The standard InChI is InChI=1S/C32H48N2O5/c1-19(5-10-29(38)34-33-18-20-6-9-26(36)28(15-20)39-4)23-7-8-24-30-25(12-14-32(23,24)3)31(2)13-11-22(35)16-21(31)17-27(30)37/h6,9,15,18-19,21-25,27,30,35-37H,5,7-8,10-14,16-17H2,1-4H3,(H,34,38)/b33-18-/t19-,21+,22-,23-,24+,25+,27+,30+,31-,32+/m0/s1. The van der Waals surface area contributed by atoms with E-state index in [-0.39, 0.29) is 34.7 Å². The minimum atomic E-state index is -0.255. The summed E-state index contributed by atoms with van der Waals surface area (Å²) in [6, 6.07) is 4.92. The molecule has 0 saturated heterocycles. The quantitative estimate of drug-likeness (QED) is 0.279. The predicted molar refractivity (Wildman–Crippen MR) is 151 cm³/mol. The number of phenols is 1. The van der Waals surface area contributed by atoms with Crippen molar-refractivity contribution < 1.29 is 24.9 Å². The molecule has 4 N–H and O–H groups in total. The first-order chi connectivity index (χ1) is 18.6. The summed E-state index contributed by atoms with van der Waals surface area (Å²) < 4.78 is 5.12. The summed E-state index contributed by atoms with van der Waals surface area (Å²) in [5, 5.41) is 35.6. The topological polar surface area (TPSA) is 111 Å². The van der Waals surface area contributed by atoms with Gasteiger partial charge in [0.1, 0.15) is 0 Å². The van der Waals surface area contributed by atoms with E-state index in [1.165, 1.54) is 38.9 Å². The fourth-order valence-electron chi connectivity index (χ4n) is 9.74. The third kappa shape index (κ3) is 5.21. The second kappa shape index (κ2) is 11.0. The molecule has 4 saturated carbocycles. The Morgan fingerprint density at radius 2 is 1.87 bits per heavy atom. The van der Waals surface area contributed by atoms with Crippen LogP contribution in [-0.2, 0) is 4.79 Å². The minimum Gasteiger partial charge on any atom is -0.504 e. The van der Waals surface area contributed by atoms with Crippen LogP contribution in [0, 0.1) is 46.3 Å². The zero-order chi connectivity index (χ0) is 27.9. The summed E-state index contributed by atoms with van der Waals surface area (Å²) in [4.78, 5) is 12.6. The van der Waals surface area contributed by atoms with Crippen LogP contribution in [0.25, 0.3) is 0 Å². The summed E-state index contributed by atoms with van der Waals surface area (Å²) in [6.45, 7) is 7.25. The molecule has 0 unspecified atom stereocenters. The van der Waals surface area contributed by atoms with E-state index in [4.69, 9.17) is 4.74 Å². The van der Waals surface area contributed by atoms with E-state index >= 15 is 0 Å². The van der Waals surface area contributed by atoms with Gasteiger partial charge in [0.15, 0.2) is 11.5 Å². The normalized spacial score (nSPS) is 40.4. The van der Waals surface area contributed by atoms with Crippen LogP contribution in [0.1, 0.15) is 90.5 Å². The molecule has 4 fully saturated rings. The number of nitrogens with one attached hydrogen (secondary N) is 1. The van der Waals surface area contributed by atoms with E-state index in [0.717, 1.165) is 37.7 Å². The van der Waals surface area contributed by atoms with Gasteiger partial charge in [-0.25, -0.2) is 5.43 Å². The molecule has 0 radical (unpaired) electrons. The Kier molecular flexibility index (Phi) is 8.04. The lowest BCUT2D eigenvalue weighted by atomic mass is 9.43. The van der Waals surface area contributed by atoms with Gasteiger partial charge in [0.2, 0.25) is 5.91 Å². The number of hydrogen-bond acceptors (Lipinski definition) is 6. The van der Waals surface area contributed by atoms with Crippen LogP contribution in [0.2, 0.25) is 0 Å². The van der Waals surface area contributed by atoms with Crippen LogP contribution >= 0.6 is 0 Å². The molecule has 1 aromatic carbocycles. The number of carbonyl (C=O) groups is 1. The number of nitrogens with zero attached hydrogens (tertiary/aromatic N) is 1. The van der Waals surface area contributed by atoms with Gasteiger partial charge in [0.05, 0.1) is 25.5 Å². The molecule has 0 aliphatic heterocycles. The first-order valence-electron chi connectivity index (χ1n) is 15.1. The number of rotatable bonds is 7. The van der Waals surface area contributed by atoms with Gasteiger partial charge in [0, 0.05) is 6.42 Å². The maximum atomic E-state index is 12.6. The number of aromatic hydroxyl groups is 1. The molecule has 216 valence electrons. The second-order valence-corrected chi connectivity index (χ2v) is 13.7. The number of fused-ring (bicyclic) bond motifs is 5. The van der Waals surface area contributed by atoms with Crippen LogP contribution in [0.3, 0.4) is 0 Å². The molecule has 1 aromatic rings. The maximum absolute atomic E-state index is 12.6. The van der Waals surface area contributed by atoms with Gasteiger partial charge in [-0.2, -0.15) is 5.10 Å². The summed E-state index contributed by atoms with van der Waals surface area (Å²) in [7, 11) is 1.49. The number of phenolic OH excluding ortho intramolecular Hbond substituents is 1. The van der Waals surface area contributed by atoms with Crippen LogP contribution < -0.4 is 10.2 Å².